The minimum atomic E-state index is -0.340. The van der Waals surface area contributed by atoms with Crippen LogP contribution in [0.1, 0.15) is 89.9 Å². The molecule has 28 heavy (non-hydrogen) atoms. The quantitative estimate of drug-likeness (QED) is 0.322. The number of rotatable bonds is 14. The van der Waals surface area contributed by atoms with Crippen LogP contribution in [0.3, 0.4) is 0 Å². The van der Waals surface area contributed by atoms with E-state index in [9.17, 15) is 5.11 Å². The van der Waals surface area contributed by atoms with Gasteiger partial charge in [-0.1, -0.05) is 69.9 Å². The first-order chi connectivity index (χ1) is 13.8. The van der Waals surface area contributed by atoms with Gasteiger partial charge in [0.25, 0.3) is 0 Å². The summed E-state index contributed by atoms with van der Waals surface area (Å²) in [5, 5.41) is 19.3. The second-order valence-electron chi connectivity index (χ2n) is 9.20. The van der Waals surface area contributed by atoms with E-state index >= 15 is 0 Å². The van der Waals surface area contributed by atoms with Gasteiger partial charge >= 0.3 is 0 Å². The Morgan fingerprint density at radius 1 is 0.821 bits per heavy atom. The van der Waals surface area contributed by atoms with Crippen molar-refractivity contribution in [1.29, 1.82) is 0 Å². The molecule has 2 saturated carbocycles. The lowest BCUT2D eigenvalue weighted by Gasteiger charge is -2.48. The number of aliphatic hydroxyl groups is 2. The van der Waals surface area contributed by atoms with Gasteiger partial charge in [-0.2, -0.15) is 0 Å². The molecule has 3 aliphatic rings. The molecule has 2 aliphatic carbocycles. The van der Waals surface area contributed by atoms with E-state index in [0.29, 0.717) is 37.6 Å². The Morgan fingerprint density at radius 3 is 2.00 bits per heavy atom. The van der Waals surface area contributed by atoms with E-state index in [1.165, 1.54) is 64.2 Å². The zero-order valence-electron chi connectivity index (χ0n) is 17.7. The molecule has 0 aromatic rings. The van der Waals surface area contributed by atoms with Gasteiger partial charge in [0, 0.05) is 24.9 Å². The van der Waals surface area contributed by atoms with Crippen LogP contribution < -0.4 is 0 Å². The van der Waals surface area contributed by atoms with Gasteiger partial charge in [-0.15, -0.1) is 0 Å². The number of allylic oxidation sites excluding steroid dienone is 1. The molecule has 4 atom stereocenters. The van der Waals surface area contributed by atoms with E-state index in [1.54, 1.807) is 0 Å². The topological polar surface area (TPSA) is 58.9 Å². The first-order valence-electron chi connectivity index (χ1n) is 12.0. The number of unbranched alkanes of at least 4 members (excludes halogenated alkanes) is 11. The summed E-state index contributed by atoms with van der Waals surface area (Å²) < 4.78 is 11.7. The minimum Gasteiger partial charge on any atom is -0.396 e. The van der Waals surface area contributed by atoms with Crippen molar-refractivity contribution in [2.24, 2.45) is 17.8 Å². The molecule has 162 valence electrons. The average molecular weight is 395 g/mol. The molecule has 4 nitrogen and oxygen atoms in total. The number of aliphatic hydroxyl groups excluding tert-OH is 2. The third-order valence-corrected chi connectivity index (χ3v) is 7.19. The monoisotopic (exact) mass is 394 g/mol. The van der Waals surface area contributed by atoms with Crippen molar-refractivity contribution in [3.63, 3.8) is 0 Å². The Morgan fingerprint density at radius 2 is 1.39 bits per heavy atom. The Hall–Kier alpha value is -0.420. The van der Waals surface area contributed by atoms with Crippen LogP contribution in [0, 0.1) is 17.8 Å². The first-order valence-corrected chi connectivity index (χ1v) is 12.0. The molecule has 1 aliphatic heterocycles. The van der Waals surface area contributed by atoms with Gasteiger partial charge in [0.2, 0.25) is 0 Å². The highest BCUT2D eigenvalue weighted by Crippen LogP contribution is 2.59. The number of ether oxygens (including phenoxy) is 2. The highest BCUT2D eigenvalue weighted by Gasteiger charge is 2.64. The van der Waals surface area contributed by atoms with Gasteiger partial charge in [-0.05, 0) is 31.6 Å². The SMILES string of the molecule is OCCCCCCCCCCCCCC=C[C@H]1C[C@H]2[C@@H](CC23OCCO3)C1O. The molecule has 1 heterocycles. The van der Waals surface area contributed by atoms with Crippen LogP contribution in [0.2, 0.25) is 0 Å². The molecule has 1 spiro atoms. The summed E-state index contributed by atoms with van der Waals surface area (Å²) in [5.41, 5.74) is 0. The van der Waals surface area contributed by atoms with Gasteiger partial charge in [-0.3, -0.25) is 0 Å². The lowest BCUT2D eigenvalue weighted by molar-refractivity contribution is -0.275. The molecule has 2 N–H and O–H groups in total. The number of hydrogen-bond donors (Lipinski definition) is 2. The average Bonchev–Trinajstić information content (AvgIpc) is 3.28. The van der Waals surface area contributed by atoms with Crippen molar-refractivity contribution in [2.45, 2.75) is 102 Å². The minimum absolute atomic E-state index is 0.205. The fourth-order valence-corrected chi connectivity index (χ4v) is 5.48. The largest absolute Gasteiger partial charge is 0.396 e. The van der Waals surface area contributed by atoms with Crippen molar-refractivity contribution in [1.82, 2.24) is 0 Å². The predicted molar refractivity (Wildman–Crippen MR) is 112 cm³/mol. The second kappa shape index (κ2) is 11.7. The predicted octanol–water partition coefficient (Wildman–Crippen LogP) is 4.98. The molecule has 3 fully saturated rings. The fraction of sp³-hybridized carbons (Fsp3) is 0.917. The third-order valence-electron chi connectivity index (χ3n) is 7.19. The van der Waals surface area contributed by atoms with Gasteiger partial charge < -0.3 is 19.7 Å². The maximum absolute atomic E-state index is 10.6. The summed E-state index contributed by atoms with van der Waals surface area (Å²) in [4.78, 5) is 0. The molecule has 1 saturated heterocycles. The third kappa shape index (κ3) is 5.81. The molecule has 0 bridgehead atoms. The molecular weight excluding hydrogens is 352 g/mol. The van der Waals surface area contributed by atoms with Crippen molar-refractivity contribution < 1.29 is 19.7 Å². The van der Waals surface area contributed by atoms with Crippen LogP contribution in [0.4, 0.5) is 0 Å². The number of fused-ring (bicyclic) bond motifs is 2. The van der Waals surface area contributed by atoms with E-state index in [0.717, 1.165) is 25.7 Å². The summed E-state index contributed by atoms with van der Waals surface area (Å²) >= 11 is 0. The Labute approximate surface area is 171 Å². The molecule has 0 aromatic carbocycles. The maximum Gasteiger partial charge on any atom is 0.172 e. The molecule has 3 rings (SSSR count). The van der Waals surface area contributed by atoms with Gasteiger partial charge in [0.05, 0.1) is 19.3 Å². The maximum atomic E-state index is 10.6. The van der Waals surface area contributed by atoms with Crippen molar-refractivity contribution in [3.8, 4) is 0 Å². The van der Waals surface area contributed by atoms with Crippen LogP contribution in [0.5, 0.6) is 0 Å². The smallest absolute Gasteiger partial charge is 0.172 e. The lowest BCUT2D eigenvalue weighted by atomic mass is 9.69. The Balaban J connectivity index is 1.15. The molecular formula is C24H42O4. The van der Waals surface area contributed by atoms with E-state index in [4.69, 9.17) is 14.6 Å². The van der Waals surface area contributed by atoms with Crippen molar-refractivity contribution in [2.75, 3.05) is 19.8 Å². The molecule has 1 unspecified atom stereocenters. The van der Waals surface area contributed by atoms with Crippen LogP contribution in [0.15, 0.2) is 12.2 Å². The molecule has 0 amide bonds. The van der Waals surface area contributed by atoms with E-state index in [-0.39, 0.29) is 11.9 Å². The Kier molecular flexibility index (Phi) is 9.29. The zero-order chi connectivity index (χ0) is 19.7. The number of hydrogen-bond acceptors (Lipinski definition) is 4. The highest BCUT2D eigenvalue weighted by molar-refractivity contribution is 5.12. The second-order valence-corrected chi connectivity index (χ2v) is 9.20. The van der Waals surface area contributed by atoms with Crippen LogP contribution in [-0.2, 0) is 9.47 Å². The van der Waals surface area contributed by atoms with Gasteiger partial charge in [0.15, 0.2) is 5.79 Å². The summed E-state index contributed by atoms with van der Waals surface area (Å²) in [6.07, 6.45) is 21.6. The van der Waals surface area contributed by atoms with Crippen molar-refractivity contribution >= 4 is 0 Å². The first kappa shape index (κ1) is 22.3. The summed E-state index contributed by atoms with van der Waals surface area (Å²) in [5.74, 6) is 0.726. The highest BCUT2D eigenvalue weighted by atomic mass is 16.7. The fourth-order valence-electron chi connectivity index (χ4n) is 5.48. The molecule has 0 radical (unpaired) electrons. The van der Waals surface area contributed by atoms with Crippen LogP contribution in [0.25, 0.3) is 0 Å². The van der Waals surface area contributed by atoms with E-state index in [2.05, 4.69) is 12.2 Å². The van der Waals surface area contributed by atoms with Crippen LogP contribution in [-0.4, -0.2) is 41.9 Å². The normalized spacial score (nSPS) is 30.9. The summed E-state index contributed by atoms with van der Waals surface area (Å²) in [6.45, 7) is 1.77. The summed E-state index contributed by atoms with van der Waals surface area (Å²) in [7, 11) is 0. The van der Waals surface area contributed by atoms with E-state index in [1.807, 2.05) is 0 Å². The standard InChI is InChI=1S/C24H42O4/c25-15-13-11-9-7-5-3-1-2-4-6-8-10-12-14-20-18-22-21(23(20)26)19-24(22)27-16-17-28-24/h12,14,20-23,25-26H,1-11,13,15-19H2/t20-,21+,22-,23?/m0/s1. The Bertz CT molecular complexity index is 458. The molecule has 4 heteroatoms. The zero-order valence-corrected chi connectivity index (χ0v) is 17.7. The lowest BCUT2D eigenvalue weighted by Crippen LogP contribution is -2.54. The molecule has 0 aromatic heterocycles. The van der Waals surface area contributed by atoms with E-state index < -0.39 is 0 Å². The van der Waals surface area contributed by atoms with Gasteiger partial charge in [0.1, 0.15) is 0 Å². The van der Waals surface area contributed by atoms with Crippen LogP contribution >= 0.6 is 0 Å². The van der Waals surface area contributed by atoms with Gasteiger partial charge in [-0.25, -0.2) is 0 Å². The van der Waals surface area contributed by atoms with Crippen molar-refractivity contribution in [3.05, 3.63) is 12.2 Å². The summed E-state index contributed by atoms with van der Waals surface area (Å²) in [6, 6.07) is 0.